The maximum atomic E-state index is 4.72. The molecule has 26 heavy (non-hydrogen) atoms. The topological polar surface area (TPSA) is 66.8 Å². The van der Waals surface area contributed by atoms with Crippen LogP contribution in [-0.4, -0.2) is 37.9 Å². The van der Waals surface area contributed by atoms with Crippen LogP contribution in [0, 0.1) is 0 Å². The summed E-state index contributed by atoms with van der Waals surface area (Å²) in [6.07, 6.45) is 9.12. The van der Waals surface area contributed by atoms with Crippen molar-refractivity contribution >= 4 is 11.8 Å². The molecule has 0 saturated carbocycles. The largest absolute Gasteiger partial charge is 0.307 e. The molecule has 0 radical (unpaired) electrons. The Morgan fingerprint density at radius 2 is 1.96 bits per heavy atom. The third-order valence-corrected chi connectivity index (χ3v) is 4.65. The SMILES string of the molecule is c1ccc(CN2CCC[C@H](c3ccnc(Nc4cnccn4)n3)C2)cc1. The van der Waals surface area contributed by atoms with Crippen LogP contribution in [-0.2, 0) is 6.54 Å². The van der Waals surface area contributed by atoms with Crippen molar-refractivity contribution in [3.05, 3.63) is 72.4 Å². The van der Waals surface area contributed by atoms with E-state index in [0.29, 0.717) is 17.7 Å². The van der Waals surface area contributed by atoms with Crippen LogP contribution in [0.15, 0.2) is 61.2 Å². The Morgan fingerprint density at radius 1 is 1.04 bits per heavy atom. The number of benzene rings is 1. The molecule has 1 fully saturated rings. The van der Waals surface area contributed by atoms with Crippen molar-refractivity contribution in [1.82, 2.24) is 24.8 Å². The fourth-order valence-electron chi connectivity index (χ4n) is 3.42. The molecule has 1 aliphatic heterocycles. The van der Waals surface area contributed by atoms with Gasteiger partial charge in [0, 0.05) is 37.6 Å². The van der Waals surface area contributed by atoms with Crippen LogP contribution in [0.25, 0.3) is 0 Å². The molecule has 1 saturated heterocycles. The first-order valence-corrected chi connectivity index (χ1v) is 8.99. The number of hydrogen-bond acceptors (Lipinski definition) is 6. The van der Waals surface area contributed by atoms with Crippen LogP contribution in [0.1, 0.15) is 30.0 Å². The molecule has 1 aromatic carbocycles. The lowest BCUT2D eigenvalue weighted by molar-refractivity contribution is 0.198. The second-order valence-electron chi connectivity index (χ2n) is 6.58. The van der Waals surface area contributed by atoms with Crippen molar-refractivity contribution in [3.63, 3.8) is 0 Å². The summed E-state index contributed by atoms with van der Waals surface area (Å²) in [5.41, 5.74) is 2.45. The van der Waals surface area contributed by atoms with Crippen molar-refractivity contribution < 1.29 is 0 Å². The summed E-state index contributed by atoms with van der Waals surface area (Å²) in [5, 5.41) is 3.12. The van der Waals surface area contributed by atoms with Gasteiger partial charge >= 0.3 is 0 Å². The van der Waals surface area contributed by atoms with E-state index >= 15 is 0 Å². The molecule has 3 aromatic rings. The second kappa shape index (κ2) is 8.01. The Bertz CT molecular complexity index is 824. The highest BCUT2D eigenvalue weighted by atomic mass is 15.2. The molecule has 132 valence electrons. The zero-order valence-corrected chi connectivity index (χ0v) is 14.6. The highest BCUT2D eigenvalue weighted by molar-refractivity contribution is 5.45. The van der Waals surface area contributed by atoms with Gasteiger partial charge in [-0.1, -0.05) is 30.3 Å². The van der Waals surface area contributed by atoms with Crippen LogP contribution >= 0.6 is 0 Å². The zero-order chi connectivity index (χ0) is 17.6. The predicted molar refractivity (Wildman–Crippen MR) is 101 cm³/mol. The first-order valence-electron chi connectivity index (χ1n) is 8.99. The molecule has 2 aromatic heterocycles. The zero-order valence-electron chi connectivity index (χ0n) is 14.6. The van der Waals surface area contributed by atoms with E-state index in [1.165, 1.54) is 12.0 Å². The molecule has 0 spiro atoms. The van der Waals surface area contributed by atoms with Gasteiger partial charge in [0.1, 0.15) is 0 Å². The highest BCUT2D eigenvalue weighted by Gasteiger charge is 2.22. The number of piperidine rings is 1. The minimum Gasteiger partial charge on any atom is -0.307 e. The van der Waals surface area contributed by atoms with Crippen molar-refractivity contribution in [3.8, 4) is 0 Å². The number of nitrogens with one attached hydrogen (secondary N) is 1. The van der Waals surface area contributed by atoms with Crippen molar-refractivity contribution in [2.45, 2.75) is 25.3 Å². The average molecular weight is 346 g/mol. The fraction of sp³-hybridized carbons (Fsp3) is 0.300. The Balaban J connectivity index is 1.44. The van der Waals surface area contributed by atoms with Crippen LogP contribution in [0.3, 0.4) is 0 Å². The van der Waals surface area contributed by atoms with E-state index < -0.39 is 0 Å². The molecule has 1 atom stereocenters. The van der Waals surface area contributed by atoms with E-state index in [2.05, 4.69) is 55.5 Å². The molecule has 6 heteroatoms. The Morgan fingerprint density at radius 3 is 2.81 bits per heavy atom. The summed E-state index contributed by atoms with van der Waals surface area (Å²) in [4.78, 5) is 19.8. The maximum Gasteiger partial charge on any atom is 0.228 e. The van der Waals surface area contributed by atoms with E-state index in [4.69, 9.17) is 4.98 Å². The summed E-state index contributed by atoms with van der Waals surface area (Å²) < 4.78 is 0. The molecular weight excluding hydrogens is 324 g/mol. The number of nitrogens with zero attached hydrogens (tertiary/aromatic N) is 5. The molecule has 0 aliphatic carbocycles. The molecule has 0 unspecified atom stereocenters. The summed E-state index contributed by atoms with van der Waals surface area (Å²) in [6, 6.07) is 12.7. The van der Waals surface area contributed by atoms with E-state index in [1.807, 2.05) is 12.3 Å². The van der Waals surface area contributed by atoms with Gasteiger partial charge in [0.05, 0.1) is 11.9 Å². The second-order valence-corrected chi connectivity index (χ2v) is 6.58. The summed E-state index contributed by atoms with van der Waals surface area (Å²) in [7, 11) is 0. The lowest BCUT2D eigenvalue weighted by Crippen LogP contribution is -2.34. The maximum absolute atomic E-state index is 4.72. The first-order chi connectivity index (χ1) is 12.9. The Kier molecular flexibility index (Phi) is 5.12. The van der Waals surface area contributed by atoms with Gasteiger partial charge in [-0.15, -0.1) is 0 Å². The quantitative estimate of drug-likeness (QED) is 0.764. The van der Waals surface area contributed by atoms with Crippen LogP contribution in [0.5, 0.6) is 0 Å². The lowest BCUT2D eigenvalue weighted by Gasteiger charge is -2.32. The van der Waals surface area contributed by atoms with Gasteiger partial charge in [-0.25, -0.2) is 15.0 Å². The first kappa shape index (κ1) is 16.6. The van der Waals surface area contributed by atoms with E-state index in [1.54, 1.807) is 18.6 Å². The minimum absolute atomic E-state index is 0.429. The van der Waals surface area contributed by atoms with Crippen molar-refractivity contribution in [2.24, 2.45) is 0 Å². The third kappa shape index (κ3) is 4.21. The average Bonchev–Trinajstić information content (AvgIpc) is 2.70. The monoisotopic (exact) mass is 346 g/mol. The number of aromatic nitrogens is 4. The summed E-state index contributed by atoms with van der Waals surface area (Å²) in [5.74, 6) is 1.65. The van der Waals surface area contributed by atoms with Gasteiger partial charge in [0.2, 0.25) is 5.95 Å². The Labute approximate surface area is 153 Å². The Hall–Kier alpha value is -2.86. The molecule has 1 N–H and O–H groups in total. The molecule has 3 heterocycles. The summed E-state index contributed by atoms with van der Waals surface area (Å²) >= 11 is 0. The fourth-order valence-corrected chi connectivity index (χ4v) is 3.42. The number of rotatable bonds is 5. The third-order valence-electron chi connectivity index (χ3n) is 4.65. The van der Waals surface area contributed by atoms with E-state index in [-0.39, 0.29) is 0 Å². The van der Waals surface area contributed by atoms with Gasteiger partial charge in [0.15, 0.2) is 5.82 Å². The van der Waals surface area contributed by atoms with Crippen molar-refractivity contribution in [2.75, 3.05) is 18.4 Å². The number of anilines is 2. The normalized spacial score (nSPS) is 17.8. The molecule has 1 aliphatic rings. The van der Waals surface area contributed by atoms with E-state index in [9.17, 15) is 0 Å². The highest BCUT2D eigenvalue weighted by Crippen LogP contribution is 2.27. The van der Waals surface area contributed by atoms with Crippen LogP contribution in [0.4, 0.5) is 11.8 Å². The van der Waals surface area contributed by atoms with Gasteiger partial charge in [-0.2, -0.15) is 0 Å². The molecule has 0 bridgehead atoms. The lowest BCUT2D eigenvalue weighted by atomic mass is 9.94. The summed E-state index contributed by atoms with van der Waals surface area (Å²) in [6.45, 7) is 3.16. The predicted octanol–water partition coefficient (Wildman–Crippen LogP) is 3.39. The molecule has 4 rings (SSSR count). The van der Waals surface area contributed by atoms with Crippen LogP contribution < -0.4 is 5.32 Å². The van der Waals surface area contributed by atoms with Gasteiger partial charge in [-0.3, -0.25) is 9.88 Å². The minimum atomic E-state index is 0.429. The van der Waals surface area contributed by atoms with Gasteiger partial charge < -0.3 is 5.32 Å². The molecule has 0 amide bonds. The number of likely N-dealkylation sites (tertiary alicyclic amines) is 1. The van der Waals surface area contributed by atoms with E-state index in [0.717, 1.165) is 31.7 Å². The molecular formula is C20H22N6. The standard InChI is InChI=1S/C20H22N6/c1-2-5-16(6-3-1)14-26-12-4-7-17(15-26)18-8-9-23-20(24-18)25-19-13-21-10-11-22-19/h1-3,5-6,8-11,13,17H,4,7,12,14-15H2,(H,22,23,24,25)/t17-/m0/s1. The number of hydrogen-bond donors (Lipinski definition) is 1. The smallest absolute Gasteiger partial charge is 0.228 e. The van der Waals surface area contributed by atoms with Gasteiger partial charge in [-0.05, 0) is 31.0 Å². The van der Waals surface area contributed by atoms with Gasteiger partial charge in [0.25, 0.3) is 0 Å². The molecule has 6 nitrogen and oxygen atoms in total. The van der Waals surface area contributed by atoms with Crippen LogP contribution in [0.2, 0.25) is 0 Å². The van der Waals surface area contributed by atoms with Crippen molar-refractivity contribution in [1.29, 1.82) is 0 Å².